The molecule has 0 amide bonds. The fraction of sp³-hybridized carbons (Fsp3) is 0.552. The molecule has 4 aliphatic carbocycles. The summed E-state index contributed by atoms with van der Waals surface area (Å²) in [6.07, 6.45) is 10.9. The summed E-state index contributed by atoms with van der Waals surface area (Å²) < 4.78 is 0. The van der Waals surface area contributed by atoms with E-state index in [9.17, 15) is 10.2 Å². The first-order valence-corrected chi connectivity index (χ1v) is 12.9. The Kier molecular flexibility index (Phi) is 6.30. The number of allylic oxidation sites excluding steroid dienone is 3. The minimum absolute atomic E-state index is 0.0445. The van der Waals surface area contributed by atoms with Gasteiger partial charge in [-0.3, -0.25) is 5.10 Å². The molecule has 5 nitrogen and oxygen atoms in total. The lowest BCUT2D eigenvalue weighted by atomic mass is 9.61. The molecule has 4 aliphatic rings. The highest BCUT2D eigenvalue weighted by molar-refractivity contribution is 5.87. The first kappa shape index (κ1) is 23.5. The number of aryl methyl sites for hydroxylation is 1. The number of aliphatic hydroxyl groups is 2. The molecule has 2 aromatic rings. The van der Waals surface area contributed by atoms with Gasteiger partial charge in [-0.15, -0.1) is 0 Å². The SMILES string of the molecule is CNC.Cc1[nH]nc2ccc(C3=CCC4C5=C(C=C6CC(O)CCC6CC5)C(O)CC34C)cc12. The quantitative estimate of drug-likeness (QED) is 0.479. The molecule has 5 unspecified atom stereocenters. The average Bonchev–Trinajstić information content (AvgIpc) is 3.27. The Morgan fingerprint density at radius 2 is 1.94 bits per heavy atom. The molecule has 1 aromatic carbocycles. The van der Waals surface area contributed by atoms with E-state index >= 15 is 0 Å². The van der Waals surface area contributed by atoms with Gasteiger partial charge in [0.05, 0.1) is 17.7 Å². The van der Waals surface area contributed by atoms with E-state index < -0.39 is 6.10 Å². The number of nitrogens with zero attached hydrogens (tertiary/aromatic N) is 1. The standard InChI is InChI=1S/C27H32N2O2.C2H7N/c1-15-21-12-17(5-10-25(21)29-28-15)23-8-9-24-20-7-4-16-3-6-19(30)11-18(16)13-22(20)26(31)14-27(23,24)2;1-3-2/h5,8,10,12-13,16,19,24,26,30-31H,3-4,6-7,9,11,14H2,1-2H3,(H,28,29);3H,1-2H3. The Morgan fingerprint density at radius 1 is 1.15 bits per heavy atom. The van der Waals surface area contributed by atoms with Crippen LogP contribution in [0.5, 0.6) is 0 Å². The van der Waals surface area contributed by atoms with Crippen LogP contribution in [0.4, 0.5) is 0 Å². The van der Waals surface area contributed by atoms with Crippen molar-refractivity contribution in [2.75, 3.05) is 14.1 Å². The Bertz CT molecular complexity index is 1170. The maximum atomic E-state index is 11.3. The van der Waals surface area contributed by atoms with Crippen LogP contribution in [0, 0.1) is 24.2 Å². The van der Waals surface area contributed by atoms with E-state index in [0.29, 0.717) is 11.8 Å². The maximum Gasteiger partial charge on any atom is 0.0924 e. The molecule has 1 fully saturated rings. The molecule has 0 radical (unpaired) electrons. The van der Waals surface area contributed by atoms with Crippen LogP contribution < -0.4 is 5.32 Å². The largest absolute Gasteiger partial charge is 0.393 e. The molecule has 0 spiro atoms. The van der Waals surface area contributed by atoms with Crippen molar-refractivity contribution in [1.29, 1.82) is 0 Å². The number of H-pyrrole nitrogens is 1. The number of aliphatic hydroxyl groups excluding tert-OH is 2. The van der Waals surface area contributed by atoms with Crippen LogP contribution in [-0.2, 0) is 0 Å². The molecule has 4 N–H and O–H groups in total. The summed E-state index contributed by atoms with van der Waals surface area (Å²) in [4.78, 5) is 0. The van der Waals surface area contributed by atoms with E-state index in [1.54, 1.807) is 0 Å². The molecular formula is C29H39N3O2. The second-order valence-electron chi connectivity index (χ2n) is 11.0. The highest BCUT2D eigenvalue weighted by Gasteiger charge is 2.49. The number of hydrogen-bond acceptors (Lipinski definition) is 4. The van der Waals surface area contributed by atoms with E-state index in [1.807, 2.05) is 14.1 Å². The van der Waals surface area contributed by atoms with Gasteiger partial charge in [0.2, 0.25) is 0 Å². The number of aromatic amines is 1. The summed E-state index contributed by atoms with van der Waals surface area (Å²) in [6, 6.07) is 6.58. The Hall–Kier alpha value is -2.21. The smallest absolute Gasteiger partial charge is 0.0924 e. The van der Waals surface area contributed by atoms with Gasteiger partial charge in [-0.25, -0.2) is 0 Å². The van der Waals surface area contributed by atoms with Gasteiger partial charge in [0, 0.05) is 16.5 Å². The molecule has 182 valence electrons. The first-order valence-electron chi connectivity index (χ1n) is 12.9. The van der Waals surface area contributed by atoms with Crippen molar-refractivity contribution in [3.8, 4) is 0 Å². The zero-order chi connectivity index (χ0) is 24.0. The fourth-order valence-corrected chi connectivity index (χ4v) is 7.04. The highest BCUT2D eigenvalue weighted by Crippen LogP contribution is 2.59. The van der Waals surface area contributed by atoms with E-state index in [2.05, 4.69) is 59.7 Å². The van der Waals surface area contributed by atoms with E-state index in [4.69, 9.17) is 0 Å². The third-order valence-electron chi connectivity index (χ3n) is 8.71. The van der Waals surface area contributed by atoms with Gasteiger partial charge in [0.25, 0.3) is 0 Å². The summed E-state index contributed by atoms with van der Waals surface area (Å²) in [6.45, 7) is 4.44. The van der Waals surface area contributed by atoms with Crippen LogP contribution in [0.2, 0.25) is 0 Å². The summed E-state index contributed by atoms with van der Waals surface area (Å²) in [7, 11) is 3.75. The van der Waals surface area contributed by atoms with E-state index in [0.717, 1.165) is 56.2 Å². The number of hydrogen-bond donors (Lipinski definition) is 4. The minimum atomic E-state index is -0.428. The maximum absolute atomic E-state index is 11.3. The molecule has 34 heavy (non-hydrogen) atoms. The Labute approximate surface area is 203 Å². The van der Waals surface area contributed by atoms with E-state index in [-0.39, 0.29) is 11.5 Å². The van der Waals surface area contributed by atoms with Gasteiger partial charge in [0.15, 0.2) is 0 Å². The van der Waals surface area contributed by atoms with Gasteiger partial charge in [-0.2, -0.15) is 5.10 Å². The topological polar surface area (TPSA) is 81.2 Å². The lowest BCUT2D eigenvalue weighted by Gasteiger charge is -2.43. The van der Waals surface area contributed by atoms with Gasteiger partial charge >= 0.3 is 0 Å². The number of aromatic nitrogens is 2. The Balaban J connectivity index is 0.000000764. The monoisotopic (exact) mass is 461 g/mol. The van der Waals surface area contributed by atoms with Crippen LogP contribution in [0.1, 0.15) is 63.1 Å². The van der Waals surface area contributed by atoms with Crippen molar-refractivity contribution in [1.82, 2.24) is 15.5 Å². The van der Waals surface area contributed by atoms with Crippen molar-refractivity contribution in [3.63, 3.8) is 0 Å². The van der Waals surface area contributed by atoms with E-state index in [1.165, 1.54) is 33.2 Å². The third kappa shape index (κ3) is 3.88. The summed E-state index contributed by atoms with van der Waals surface area (Å²) in [5.74, 6) is 1.04. The Morgan fingerprint density at radius 3 is 2.74 bits per heavy atom. The van der Waals surface area contributed by atoms with Crippen LogP contribution in [-0.4, -0.2) is 46.7 Å². The fourth-order valence-electron chi connectivity index (χ4n) is 7.04. The molecule has 6 rings (SSSR count). The van der Waals surface area contributed by atoms with Crippen molar-refractivity contribution in [2.24, 2.45) is 17.3 Å². The molecule has 1 heterocycles. The average molecular weight is 462 g/mol. The second-order valence-corrected chi connectivity index (χ2v) is 11.0. The normalized spacial score (nSPS) is 32.6. The summed E-state index contributed by atoms with van der Waals surface area (Å²) >= 11 is 0. The number of benzene rings is 1. The number of nitrogens with one attached hydrogen (secondary N) is 2. The molecular weight excluding hydrogens is 422 g/mol. The van der Waals surface area contributed by atoms with Crippen molar-refractivity contribution in [3.05, 3.63) is 58.3 Å². The summed E-state index contributed by atoms with van der Waals surface area (Å²) in [5.41, 5.74) is 8.74. The predicted molar refractivity (Wildman–Crippen MR) is 138 cm³/mol. The zero-order valence-electron chi connectivity index (χ0n) is 21.0. The molecule has 5 heteroatoms. The third-order valence-corrected chi connectivity index (χ3v) is 8.71. The van der Waals surface area contributed by atoms with Gasteiger partial charge in [-0.1, -0.05) is 36.3 Å². The summed E-state index contributed by atoms with van der Waals surface area (Å²) in [5, 5.41) is 33.0. The van der Waals surface area contributed by atoms with Crippen LogP contribution in [0.15, 0.2) is 47.1 Å². The van der Waals surface area contributed by atoms with Crippen molar-refractivity contribution < 1.29 is 10.2 Å². The van der Waals surface area contributed by atoms with Crippen molar-refractivity contribution >= 4 is 16.5 Å². The molecule has 0 aliphatic heterocycles. The van der Waals surface area contributed by atoms with Crippen molar-refractivity contribution in [2.45, 2.75) is 71.0 Å². The van der Waals surface area contributed by atoms with Crippen LogP contribution in [0.3, 0.4) is 0 Å². The lowest BCUT2D eigenvalue weighted by Crippen LogP contribution is -2.37. The minimum Gasteiger partial charge on any atom is -0.393 e. The second kappa shape index (κ2) is 9.10. The predicted octanol–water partition coefficient (Wildman–Crippen LogP) is 5.06. The molecule has 1 saturated carbocycles. The first-order chi connectivity index (χ1) is 16.4. The zero-order valence-corrected chi connectivity index (χ0v) is 21.0. The van der Waals surface area contributed by atoms with Crippen LogP contribution in [0.25, 0.3) is 16.5 Å². The molecule has 5 atom stereocenters. The highest BCUT2D eigenvalue weighted by atomic mass is 16.3. The molecule has 0 saturated heterocycles. The molecule has 1 aromatic heterocycles. The number of fused-ring (bicyclic) bond motifs is 4. The van der Waals surface area contributed by atoms with Gasteiger partial charge in [0.1, 0.15) is 0 Å². The van der Waals surface area contributed by atoms with Gasteiger partial charge in [-0.05, 0) is 107 Å². The van der Waals surface area contributed by atoms with Crippen LogP contribution >= 0.6 is 0 Å². The lowest BCUT2D eigenvalue weighted by molar-refractivity contribution is 0.124. The van der Waals surface area contributed by atoms with Gasteiger partial charge < -0.3 is 15.5 Å². The number of rotatable bonds is 1. The molecule has 0 bridgehead atoms.